The molecule has 0 unspecified atom stereocenters. The van der Waals surface area contributed by atoms with E-state index in [1.54, 1.807) is 19.2 Å². The van der Waals surface area contributed by atoms with Gasteiger partial charge in [-0.25, -0.2) is 13.1 Å². The van der Waals surface area contributed by atoms with Gasteiger partial charge in [0.2, 0.25) is 10.0 Å². The van der Waals surface area contributed by atoms with Crippen molar-refractivity contribution in [1.29, 1.82) is 0 Å². The molecule has 0 atom stereocenters. The van der Waals surface area contributed by atoms with Crippen LogP contribution in [0.4, 0.5) is 0 Å². The molecule has 1 rings (SSSR count). The van der Waals surface area contributed by atoms with Crippen LogP contribution in [0, 0.1) is 0 Å². The molecule has 0 saturated heterocycles. The molecule has 1 aromatic carbocycles. The zero-order chi connectivity index (χ0) is 16.6. The zero-order valence-electron chi connectivity index (χ0n) is 14.4. The second-order valence-corrected chi connectivity index (χ2v) is 7.67. The fourth-order valence-electron chi connectivity index (χ4n) is 1.95. The van der Waals surface area contributed by atoms with Gasteiger partial charge in [0.1, 0.15) is 0 Å². The van der Waals surface area contributed by atoms with Crippen LogP contribution >= 0.6 is 12.4 Å². The molecule has 0 radical (unpaired) electrons. The van der Waals surface area contributed by atoms with Crippen molar-refractivity contribution < 1.29 is 13.2 Å². The Hall–Kier alpha value is -0.660. The molecule has 0 spiro atoms. The van der Waals surface area contributed by atoms with Crippen LogP contribution in [-0.2, 0) is 20.2 Å². The Labute approximate surface area is 146 Å². The van der Waals surface area contributed by atoms with Crippen LogP contribution in [-0.4, -0.2) is 41.8 Å². The number of rotatable bonds is 10. The van der Waals surface area contributed by atoms with Crippen molar-refractivity contribution in [3.8, 4) is 0 Å². The first-order chi connectivity index (χ1) is 10.3. The smallest absolute Gasteiger partial charge is 0.240 e. The van der Waals surface area contributed by atoms with Crippen molar-refractivity contribution in [2.75, 3.05) is 33.4 Å². The van der Waals surface area contributed by atoms with Crippen molar-refractivity contribution in [2.45, 2.75) is 37.5 Å². The van der Waals surface area contributed by atoms with Gasteiger partial charge in [0, 0.05) is 26.7 Å². The summed E-state index contributed by atoms with van der Waals surface area (Å²) >= 11 is 0. The summed E-state index contributed by atoms with van der Waals surface area (Å²) in [6.07, 6.45) is 1.00. The number of sulfonamides is 1. The Balaban J connectivity index is 0.00000484. The Morgan fingerprint density at radius 3 is 2.22 bits per heavy atom. The van der Waals surface area contributed by atoms with Crippen molar-refractivity contribution >= 4 is 22.4 Å². The second kappa shape index (κ2) is 10.3. The van der Waals surface area contributed by atoms with Crippen LogP contribution in [0.3, 0.4) is 0 Å². The number of hydrogen-bond acceptors (Lipinski definition) is 4. The minimum atomic E-state index is -3.44. The summed E-state index contributed by atoms with van der Waals surface area (Å²) in [5.41, 5.74) is 1.20. The highest BCUT2D eigenvalue weighted by molar-refractivity contribution is 7.89. The first-order valence-corrected chi connectivity index (χ1v) is 9.11. The normalized spacial score (nSPS) is 12.0. The summed E-state index contributed by atoms with van der Waals surface area (Å²) in [7, 11) is -1.81. The molecule has 2 N–H and O–H groups in total. The number of nitrogens with one attached hydrogen (secondary N) is 2. The largest absolute Gasteiger partial charge is 0.383 e. The van der Waals surface area contributed by atoms with Crippen LogP contribution in [0.15, 0.2) is 29.2 Å². The van der Waals surface area contributed by atoms with Gasteiger partial charge >= 0.3 is 0 Å². The highest BCUT2D eigenvalue weighted by Crippen LogP contribution is 2.27. The molecule has 0 aliphatic carbocycles. The topological polar surface area (TPSA) is 67.4 Å². The quantitative estimate of drug-likeness (QED) is 0.625. The van der Waals surface area contributed by atoms with E-state index in [0.717, 1.165) is 12.0 Å². The minimum Gasteiger partial charge on any atom is -0.383 e. The van der Waals surface area contributed by atoms with Gasteiger partial charge in [-0.3, -0.25) is 0 Å². The molecule has 0 amide bonds. The second-order valence-electron chi connectivity index (χ2n) is 5.90. The summed E-state index contributed by atoms with van der Waals surface area (Å²) < 4.78 is 31.9. The van der Waals surface area contributed by atoms with Gasteiger partial charge < -0.3 is 10.1 Å². The summed E-state index contributed by atoms with van der Waals surface area (Å²) in [4.78, 5) is 0.306. The molecule has 1 aromatic rings. The van der Waals surface area contributed by atoms with E-state index in [2.05, 4.69) is 30.8 Å². The third-order valence-corrected chi connectivity index (χ3v) is 5.38. The third-order valence-electron chi connectivity index (χ3n) is 3.91. The lowest BCUT2D eigenvalue weighted by Crippen LogP contribution is -2.33. The summed E-state index contributed by atoms with van der Waals surface area (Å²) in [5, 5.41) is 3.10. The van der Waals surface area contributed by atoms with E-state index >= 15 is 0 Å². The Morgan fingerprint density at radius 1 is 1.09 bits per heavy atom. The molecule has 0 aliphatic rings. The Bertz CT molecular complexity index is 545. The minimum absolute atomic E-state index is 0. The van der Waals surface area contributed by atoms with Gasteiger partial charge in [0.05, 0.1) is 11.5 Å². The lowest BCUT2D eigenvalue weighted by Gasteiger charge is -2.23. The third kappa shape index (κ3) is 7.18. The molecule has 0 heterocycles. The van der Waals surface area contributed by atoms with E-state index in [-0.39, 0.29) is 17.8 Å². The number of benzene rings is 1. The van der Waals surface area contributed by atoms with E-state index in [1.165, 1.54) is 0 Å². The lowest BCUT2D eigenvalue weighted by atomic mass is 9.82. The maximum Gasteiger partial charge on any atom is 0.240 e. The van der Waals surface area contributed by atoms with E-state index in [4.69, 9.17) is 4.74 Å². The highest BCUT2D eigenvalue weighted by Gasteiger charge is 2.19. The Kier molecular flexibility index (Phi) is 9.96. The van der Waals surface area contributed by atoms with Crippen molar-refractivity contribution in [2.24, 2.45) is 0 Å². The summed E-state index contributed by atoms with van der Waals surface area (Å²) in [6.45, 7) is 8.68. The van der Waals surface area contributed by atoms with Crippen LogP contribution in [0.1, 0.15) is 32.8 Å². The molecule has 0 aromatic heterocycles. The van der Waals surface area contributed by atoms with Crippen LogP contribution < -0.4 is 10.0 Å². The fourth-order valence-corrected chi connectivity index (χ4v) is 2.98. The van der Waals surface area contributed by atoms with Gasteiger partial charge in [-0.1, -0.05) is 32.9 Å². The molecule has 0 aliphatic heterocycles. The molecule has 0 bridgehead atoms. The standard InChI is InChI=1S/C16H28N2O3S.ClH/c1-5-16(2,3)14-6-8-15(9-7-14)22(19,20)18-11-10-17-12-13-21-4;/h6-9,17-18H,5,10-13H2,1-4H3;1H. The lowest BCUT2D eigenvalue weighted by molar-refractivity contribution is 0.199. The van der Waals surface area contributed by atoms with Crippen LogP contribution in [0.25, 0.3) is 0 Å². The average molecular weight is 365 g/mol. The van der Waals surface area contributed by atoms with Gasteiger partial charge in [-0.2, -0.15) is 0 Å². The maximum absolute atomic E-state index is 12.2. The van der Waals surface area contributed by atoms with Crippen molar-refractivity contribution in [3.05, 3.63) is 29.8 Å². The maximum atomic E-state index is 12.2. The highest BCUT2D eigenvalue weighted by atomic mass is 35.5. The average Bonchev–Trinajstić information content (AvgIpc) is 2.51. The van der Waals surface area contributed by atoms with Gasteiger partial charge in [-0.05, 0) is 29.5 Å². The van der Waals surface area contributed by atoms with Crippen LogP contribution in [0.2, 0.25) is 0 Å². The molecule has 0 saturated carbocycles. The molecule has 7 heteroatoms. The SMILES string of the molecule is CCC(C)(C)c1ccc(S(=O)(=O)NCCNCCOC)cc1.Cl. The molecule has 0 fully saturated rings. The molecule has 5 nitrogen and oxygen atoms in total. The molecule has 23 heavy (non-hydrogen) atoms. The first-order valence-electron chi connectivity index (χ1n) is 7.63. The van der Waals surface area contributed by atoms with Crippen LogP contribution in [0.5, 0.6) is 0 Å². The summed E-state index contributed by atoms with van der Waals surface area (Å²) in [6, 6.07) is 7.14. The molecular weight excluding hydrogens is 336 g/mol. The van der Waals surface area contributed by atoms with Crippen molar-refractivity contribution in [1.82, 2.24) is 10.0 Å². The first kappa shape index (κ1) is 22.3. The number of hydrogen-bond donors (Lipinski definition) is 2. The predicted octanol–water partition coefficient (Wildman–Crippen LogP) is 2.31. The van der Waals surface area contributed by atoms with E-state index in [1.807, 2.05) is 12.1 Å². The zero-order valence-corrected chi connectivity index (χ0v) is 16.0. The predicted molar refractivity (Wildman–Crippen MR) is 96.9 cm³/mol. The fraction of sp³-hybridized carbons (Fsp3) is 0.625. The van der Waals surface area contributed by atoms with Gasteiger partial charge in [0.15, 0.2) is 0 Å². The van der Waals surface area contributed by atoms with E-state index in [0.29, 0.717) is 31.1 Å². The Morgan fingerprint density at radius 2 is 1.70 bits per heavy atom. The number of methoxy groups -OCH3 is 1. The molecule has 134 valence electrons. The van der Waals surface area contributed by atoms with Crippen molar-refractivity contribution in [3.63, 3.8) is 0 Å². The number of halogens is 1. The van der Waals surface area contributed by atoms with Gasteiger partial charge in [-0.15, -0.1) is 12.4 Å². The molecular formula is C16H29ClN2O3S. The van der Waals surface area contributed by atoms with E-state index in [9.17, 15) is 8.42 Å². The summed E-state index contributed by atoms with van der Waals surface area (Å²) in [5.74, 6) is 0. The van der Waals surface area contributed by atoms with E-state index < -0.39 is 10.0 Å². The monoisotopic (exact) mass is 364 g/mol. The van der Waals surface area contributed by atoms with Gasteiger partial charge in [0.25, 0.3) is 0 Å². The number of ether oxygens (including phenoxy) is 1.